The van der Waals surface area contributed by atoms with Crippen LogP contribution in [0.2, 0.25) is 0 Å². The van der Waals surface area contributed by atoms with Crippen molar-refractivity contribution in [1.29, 1.82) is 0 Å². The largest absolute Gasteiger partial charge is 0.485 e. The second-order valence-electron chi connectivity index (χ2n) is 9.51. The molecular formula is C29H30O3S. The average Bonchev–Trinajstić information content (AvgIpc) is 3.34. The summed E-state index contributed by atoms with van der Waals surface area (Å²) in [5.41, 5.74) is 11.7. The van der Waals surface area contributed by atoms with Gasteiger partial charge in [-0.15, -0.1) is 11.8 Å². The Labute approximate surface area is 200 Å². The first kappa shape index (κ1) is 22.1. The highest BCUT2D eigenvalue weighted by molar-refractivity contribution is 7.99. The van der Waals surface area contributed by atoms with Crippen molar-refractivity contribution in [1.82, 2.24) is 0 Å². The van der Waals surface area contributed by atoms with Gasteiger partial charge in [0.2, 0.25) is 0 Å². The van der Waals surface area contributed by atoms with Gasteiger partial charge in [-0.25, -0.2) is 0 Å². The van der Waals surface area contributed by atoms with Gasteiger partial charge in [0.05, 0.1) is 6.42 Å². The van der Waals surface area contributed by atoms with Gasteiger partial charge in [0.25, 0.3) is 0 Å². The van der Waals surface area contributed by atoms with Crippen molar-refractivity contribution in [3.8, 4) is 16.9 Å². The molecular weight excluding hydrogens is 428 g/mol. The van der Waals surface area contributed by atoms with Crippen LogP contribution in [0.15, 0.2) is 47.4 Å². The van der Waals surface area contributed by atoms with E-state index in [2.05, 4.69) is 64.1 Å². The van der Waals surface area contributed by atoms with E-state index in [1.807, 2.05) is 6.07 Å². The highest BCUT2D eigenvalue weighted by Crippen LogP contribution is 2.47. The first-order chi connectivity index (χ1) is 15.8. The van der Waals surface area contributed by atoms with Gasteiger partial charge >= 0.3 is 5.97 Å². The van der Waals surface area contributed by atoms with Crippen LogP contribution in [-0.4, -0.2) is 16.8 Å². The van der Waals surface area contributed by atoms with Crippen LogP contribution in [0, 0.1) is 27.7 Å². The fourth-order valence-corrected chi connectivity index (χ4v) is 7.10. The van der Waals surface area contributed by atoms with E-state index >= 15 is 0 Å². The molecule has 3 nitrogen and oxygen atoms in total. The second-order valence-corrected chi connectivity index (χ2v) is 10.5. The van der Waals surface area contributed by atoms with E-state index in [4.69, 9.17) is 4.74 Å². The lowest BCUT2D eigenvalue weighted by atomic mass is 9.89. The van der Waals surface area contributed by atoms with Crippen molar-refractivity contribution in [2.45, 2.75) is 63.9 Å². The van der Waals surface area contributed by atoms with E-state index in [9.17, 15) is 9.90 Å². The van der Waals surface area contributed by atoms with E-state index in [1.54, 1.807) is 11.8 Å². The molecule has 4 heteroatoms. The topological polar surface area (TPSA) is 46.5 Å². The molecule has 0 spiro atoms. The van der Waals surface area contributed by atoms with Crippen LogP contribution < -0.4 is 4.74 Å². The Bertz CT molecular complexity index is 1240. The van der Waals surface area contributed by atoms with Crippen LogP contribution in [0.3, 0.4) is 0 Å². The summed E-state index contributed by atoms with van der Waals surface area (Å²) in [6.07, 6.45) is 2.23. The van der Waals surface area contributed by atoms with Crippen molar-refractivity contribution in [2.24, 2.45) is 0 Å². The van der Waals surface area contributed by atoms with E-state index < -0.39 is 5.97 Å². The maximum Gasteiger partial charge on any atom is 0.303 e. The lowest BCUT2D eigenvalue weighted by molar-refractivity contribution is -0.137. The molecule has 5 rings (SSSR count). The zero-order chi connectivity index (χ0) is 23.3. The Kier molecular flexibility index (Phi) is 5.74. The third-order valence-electron chi connectivity index (χ3n) is 7.11. The van der Waals surface area contributed by atoms with Gasteiger partial charge < -0.3 is 9.84 Å². The number of thioether (sulfide) groups is 1. The maximum absolute atomic E-state index is 11.2. The van der Waals surface area contributed by atoms with Gasteiger partial charge in [-0.05, 0) is 85.5 Å². The third kappa shape index (κ3) is 3.95. The molecule has 170 valence electrons. The highest BCUT2D eigenvalue weighted by atomic mass is 32.2. The number of hydrogen-bond donors (Lipinski definition) is 1. The van der Waals surface area contributed by atoms with Crippen molar-refractivity contribution in [3.05, 3.63) is 81.4 Å². The van der Waals surface area contributed by atoms with E-state index in [0.717, 1.165) is 35.5 Å². The number of benzene rings is 3. The molecule has 1 aliphatic carbocycles. The van der Waals surface area contributed by atoms with Crippen molar-refractivity contribution < 1.29 is 14.6 Å². The fourth-order valence-electron chi connectivity index (χ4n) is 5.72. The highest BCUT2D eigenvalue weighted by Gasteiger charge is 2.31. The summed E-state index contributed by atoms with van der Waals surface area (Å²) in [5, 5.41) is 9.22. The molecule has 0 saturated heterocycles. The summed E-state index contributed by atoms with van der Waals surface area (Å²) in [6.45, 7) is 8.68. The van der Waals surface area contributed by atoms with Crippen molar-refractivity contribution in [2.75, 3.05) is 5.75 Å². The van der Waals surface area contributed by atoms with Crippen LogP contribution in [0.5, 0.6) is 5.75 Å². The molecule has 1 unspecified atom stereocenters. The molecule has 1 N–H and O–H groups in total. The monoisotopic (exact) mass is 458 g/mol. The average molecular weight is 459 g/mol. The third-order valence-corrected chi connectivity index (χ3v) is 8.51. The van der Waals surface area contributed by atoms with Crippen molar-refractivity contribution in [3.63, 3.8) is 0 Å². The minimum Gasteiger partial charge on any atom is -0.485 e. The first-order valence-corrected chi connectivity index (χ1v) is 12.7. The smallest absolute Gasteiger partial charge is 0.303 e. The number of carbonyl (C=O) groups is 1. The van der Waals surface area contributed by atoms with Gasteiger partial charge in [0, 0.05) is 22.1 Å². The van der Waals surface area contributed by atoms with Crippen LogP contribution in [0.1, 0.15) is 63.8 Å². The van der Waals surface area contributed by atoms with E-state index in [1.165, 1.54) is 43.8 Å². The molecule has 0 saturated carbocycles. The standard InChI is InChI=1S/C29H30O3S/c1-16-12-17(2)28(18(3)13-16)24-7-5-6-23-22(24)9-11-26(23)32-25-10-8-21-20(14-27(30)31)15-33-29(21)19(25)4/h5-8,10,12-13,20,26H,9,11,14-15H2,1-4H3,(H,30,31)/t20-,26?/m1/s1. The van der Waals surface area contributed by atoms with Gasteiger partial charge in [0.1, 0.15) is 11.9 Å². The van der Waals surface area contributed by atoms with E-state index in [-0.39, 0.29) is 18.4 Å². The van der Waals surface area contributed by atoms with Crippen LogP contribution in [-0.2, 0) is 11.2 Å². The van der Waals surface area contributed by atoms with Crippen molar-refractivity contribution >= 4 is 17.7 Å². The molecule has 0 bridgehead atoms. The minimum atomic E-state index is -0.733. The number of aliphatic carboxylic acids is 1. The molecule has 2 aliphatic rings. The molecule has 3 aromatic carbocycles. The fraction of sp³-hybridized carbons (Fsp3) is 0.345. The molecule has 0 radical (unpaired) electrons. The van der Waals surface area contributed by atoms with Gasteiger partial charge in [-0.2, -0.15) is 0 Å². The predicted octanol–water partition coefficient (Wildman–Crippen LogP) is 7.32. The molecule has 2 atom stereocenters. The maximum atomic E-state index is 11.2. The van der Waals surface area contributed by atoms with E-state index in [0.29, 0.717) is 0 Å². The zero-order valence-electron chi connectivity index (χ0n) is 19.7. The SMILES string of the molecule is Cc1cc(C)c(-c2cccc3c2CCC3Oc2ccc3c(c2C)SC[C@H]3CC(=O)O)c(C)c1. The Morgan fingerprint density at radius 2 is 1.82 bits per heavy atom. The van der Waals surface area contributed by atoms with Crippen LogP contribution in [0.4, 0.5) is 0 Å². The van der Waals surface area contributed by atoms with Crippen LogP contribution >= 0.6 is 11.8 Å². The Morgan fingerprint density at radius 3 is 2.55 bits per heavy atom. The Balaban J connectivity index is 1.46. The Hall–Kier alpha value is -2.72. The quantitative estimate of drug-likeness (QED) is 0.435. The predicted molar refractivity (Wildman–Crippen MR) is 135 cm³/mol. The summed E-state index contributed by atoms with van der Waals surface area (Å²) in [4.78, 5) is 12.4. The van der Waals surface area contributed by atoms with Gasteiger partial charge in [0.15, 0.2) is 0 Å². The molecule has 0 aromatic heterocycles. The summed E-state index contributed by atoms with van der Waals surface area (Å²) < 4.78 is 6.61. The molecule has 3 aromatic rings. The normalized spacial score (nSPS) is 18.8. The molecule has 1 heterocycles. The summed E-state index contributed by atoms with van der Waals surface area (Å²) >= 11 is 1.76. The zero-order valence-corrected chi connectivity index (χ0v) is 20.5. The van der Waals surface area contributed by atoms with Gasteiger partial charge in [-0.1, -0.05) is 42.0 Å². The number of fused-ring (bicyclic) bond motifs is 2. The molecule has 33 heavy (non-hydrogen) atoms. The lowest BCUT2D eigenvalue weighted by Gasteiger charge is -2.20. The van der Waals surface area contributed by atoms with Crippen LogP contribution in [0.25, 0.3) is 11.1 Å². The molecule has 0 amide bonds. The Morgan fingerprint density at radius 1 is 1.06 bits per heavy atom. The first-order valence-electron chi connectivity index (χ1n) is 11.7. The number of hydrogen-bond acceptors (Lipinski definition) is 3. The second kappa shape index (κ2) is 8.57. The summed E-state index contributed by atoms with van der Waals surface area (Å²) in [6, 6.07) is 15.3. The van der Waals surface area contributed by atoms with Gasteiger partial charge in [-0.3, -0.25) is 4.79 Å². The molecule has 0 fully saturated rings. The summed E-state index contributed by atoms with van der Waals surface area (Å²) in [5.74, 6) is 1.11. The number of aryl methyl sites for hydroxylation is 3. The lowest BCUT2D eigenvalue weighted by Crippen LogP contribution is -2.07. The number of carboxylic acid groups (broad SMARTS) is 1. The number of rotatable bonds is 5. The molecule has 1 aliphatic heterocycles. The summed E-state index contributed by atoms with van der Waals surface area (Å²) in [7, 11) is 0. The minimum absolute atomic E-state index is 0.0454. The number of carboxylic acids is 1. The number of ether oxygens (including phenoxy) is 1.